The lowest BCUT2D eigenvalue weighted by Crippen LogP contribution is -2.43. The maximum Gasteiger partial charge on any atom is 0.326 e. The van der Waals surface area contributed by atoms with Crippen LogP contribution in [0.2, 0.25) is 10.0 Å². The minimum absolute atomic E-state index is 0.0659. The molecule has 1 fully saturated rings. The van der Waals surface area contributed by atoms with Crippen molar-refractivity contribution in [3.05, 3.63) is 33.8 Å². The second kappa shape index (κ2) is 6.76. The average molecular weight is 359 g/mol. The Morgan fingerprint density at radius 2 is 2.04 bits per heavy atom. The van der Waals surface area contributed by atoms with Crippen LogP contribution in [0.25, 0.3) is 0 Å². The molecular weight excluding hydrogens is 343 g/mol. The van der Waals surface area contributed by atoms with E-state index < -0.39 is 30.0 Å². The van der Waals surface area contributed by atoms with E-state index in [-0.39, 0.29) is 6.61 Å². The molecule has 23 heavy (non-hydrogen) atoms. The van der Waals surface area contributed by atoms with E-state index in [1.165, 1.54) is 6.07 Å². The number of imide groups is 1. The Balaban J connectivity index is 1.95. The highest BCUT2D eigenvalue weighted by molar-refractivity contribution is 6.35. The molecule has 0 unspecified atom stereocenters. The van der Waals surface area contributed by atoms with Crippen LogP contribution in [0, 0.1) is 0 Å². The normalized spacial score (nSPS) is 20.6. The molecule has 1 aliphatic heterocycles. The topological polar surface area (TPSA) is 75.7 Å². The van der Waals surface area contributed by atoms with Gasteiger partial charge in [-0.2, -0.15) is 0 Å². The van der Waals surface area contributed by atoms with Crippen LogP contribution in [0.4, 0.5) is 4.79 Å². The Hall–Kier alpha value is -1.79. The number of amides is 3. The van der Waals surface area contributed by atoms with Gasteiger partial charge in [0.25, 0.3) is 5.91 Å². The van der Waals surface area contributed by atoms with Crippen LogP contribution in [0.3, 0.4) is 0 Å². The van der Waals surface area contributed by atoms with Gasteiger partial charge in [0.05, 0.1) is 0 Å². The quantitative estimate of drug-likeness (QED) is 0.648. The molecule has 0 aromatic heterocycles. The van der Waals surface area contributed by atoms with E-state index in [0.717, 1.165) is 4.90 Å². The van der Waals surface area contributed by atoms with Gasteiger partial charge >= 0.3 is 12.0 Å². The van der Waals surface area contributed by atoms with E-state index in [1.54, 1.807) is 26.0 Å². The lowest BCUT2D eigenvalue weighted by Gasteiger charge is -2.18. The highest BCUT2D eigenvalue weighted by Gasteiger charge is 2.47. The van der Waals surface area contributed by atoms with Gasteiger partial charge in [-0.3, -0.25) is 14.5 Å². The van der Waals surface area contributed by atoms with Crippen molar-refractivity contribution in [2.75, 3.05) is 6.54 Å². The summed E-state index contributed by atoms with van der Waals surface area (Å²) in [5.41, 5.74) is -0.392. The van der Waals surface area contributed by atoms with Gasteiger partial charge in [-0.1, -0.05) is 36.2 Å². The second-order valence-electron chi connectivity index (χ2n) is 5.40. The van der Waals surface area contributed by atoms with Crippen molar-refractivity contribution in [3.8, 4) is 0 Å². The van der Waals surface area contributed by atoms with Crippen molar-refractivity contribution < 1.29 is 19.1 Å². The number of ether oxygens (including phenoxy) is 1. The fraction of sp³-hybridized carbons (Fsp3) is 0.400. The van der Waals surface area contributed by atoms with Gasteiger partial charge in [0.2, 0.25) is 0 Å². The van der Waals surface area contributed by atoms with Crippen molar-refractivity contribution in [1.29, 1.82) is 0 Å². The highest BCUT2D eigenvalue weighted by Crippen LogP contribution is 2.22. The predicted octanol–water partition coefficient (Wildman–Crippen LogP) is 2.76. The van der Waals surface area contributed by atoms with Gasteiger partial charge in [0.15, 0.2) is 0 Å². The van der Waals surface area contributed by atoms with Crippen LogP contribution < -0.4 is 5.32 Å². The molecule has 6 nitrogen and oxygen atoms in total. The number of rotatable bonds is 5. The third-order valence-electron chi connectivity index (χ3n) is 3.74. The van der Waals surface area contributed by atoms with Crippen LogP contribution in [-0.4, -0.2) is 34.9 Å². The number of nitrogens with zero attached hydrogens (tertiary/aromatic N) is 1. The smallest absolute Gasteiger partial charge is 0.326 e. The minimum atomic E-state index is -0.975. The molecule has 1 N–H and O–H groups in total. The van der Waals surface area contributed by atoms with E-state index in [9.17, 15) is 14.4 Å². The van der Waals surface area contributed by atoms with E-state index in [2.05, 4.69) is 5.32 Å². The summed E-state index contributed by atoms with van der Waals surface area (Å²) in [5.74, 6) is -1.13. The Kier molecular flexibility index (Phi) is 5.16. The highest BCUT2D eigenvalue weighted by atomic mass is 35.5. The Labute approximate surface area is 143 Å². The lowest BCUT2D eigenvalue weighted by atomic mass is 9.99. The summed E-state index contributed by atoms with van der Waals surface area (Å²) in [5, 5.41) is 3.42. The van der Waals surface area contributed by atoms with Crippen molar-refractivity contribution in [3.63, 3.8) is 0 Å². The zero-order valence-electron chi connectivity index (χ0n) is 12.7. The molecule has 3 amide bonds. The van der Waals surface area contributed by atoms with Gasteiger partial charge in [0.1, 0.15) is 18.7 Å². The van der Waals surface area contributed by atoms with Crippen LogP contribution in [0.5, 0.6) is 0 Å². The summed E-state index contributed by atoms with van der Waals surface area (Å²) in [6, 6.07) is 4.21. The Bertz CT molecular complexity index is 665. The second-order valence-corrected chi connectivity index (χ2v) is 6.25. The first kappa shape index (κ1) is 17.6. The van der Waals surface area contributed by atoms with Crippen molar-refractivity contribution >= 4 is 41.1 Å². The molecule has 0 saturated carbocycles. The number of hydrogen-bond donors (Lipinski definition) is 1. The standard InChI is InChI=1S/C15H16Cl2N2O4/c1-3-15(2)13(21)19(14(22)18-15)7-12(20)23-8-9-4-5-10(16)6-11(9)17/h4-6H,3,7-8H2,1-2H3,(H,18,22)/t15-/m1/s1. The third kappa shape index (κ3) is 3.76. The Morgan fingerprint density at radius 3 is 2.61 bits per heavy atom. The third-order valence-corrected chi connectivity index (χ3v) is 4.33. The lowest BCUT2D eigenvalue weighted by molar-refractivity contribution is -0.148. The first-order valence-electron chi connectivity index (χ1n) is 7.00. The first-order chi connectivity index (χ1) is 10.8. The van der Waals surface area contributed by atoms with Crippen LogP contribution in [-0.2, 0) is 20.9 Å². The molecule has 1 saturated heterocycles. The molecule has 8 heteroatoms. The largest absolute Gasteiger partial charge is 0.459 e. The molecule has 0 spiro atoms. The number of nitrogens with one attached hydrogen (secondary N) is 1. The summed E-state index contributed by atoms with van der Waals surface area (Å²) in [4.78, 5) is 36.7. The molecule has 1 atom stereocenters. The minimum Gasteiger partial charge on any atom is -0.459 e. The molecular formula is C15H16Cl2N2O4. The number of carbonyl (C=O) groups excluding carboxylic acids is 3. The Morgan fingerprint density at radius 1 is 1.35 bits per heavy atom. The maximum absolute atomic E-state index is 12.2. The average Bonchev–Trinajstić information content (AvgIpc) is 2.70. The summed E-state index contributed by atoms with van der Waals surface area (Å²) >= 11 is 11.8. The number of benzene rings is 1. The van der Waals surface area contributed by atoms with Crippen molar-refractivity contribution in [2.24, 2.45) is 0 Å². The molecule has 2 rings (SSSR count). The van der Waals surface area contributed by atoms with Crippen LogP contribution >= 0.6 is 23.2 Å². The monoisotopic (exact) mass is 358 g/mol. The van der Waals surface area contributed by atoms with Gasteiger partial charge in [-0.15, -0.1) is 0 Å². The zero-order chi connectivity index (χ0) is 17.2. The van der Waals surface area contributed by atoms with Crippen LogP contribution in [0.15, 0.2) is 18.2 Å². The summed E-state index contributed by atoms with van der Waals surface area (Å²) < 4.78 is 5.07. The van der Waals surface area contributed by atoms with E-state index in [4.69, 9.17) is 27.9 Å². The molecule has 0 aliphatic carbocycles. The zero-order valence-corrected chi connectivity index (χ0v) is 14.2. The fourth-order valence-corrected chi connectivity index (χ4v) is 2.57. The summed E-state index contributed by atoms with van der Waals surface area (Å²) in [7, 11) is 0. The van der Waals surface area contributed by atoms with Crippen LogP contribution in [0.1, 0.15) is 25.8 Å². The number of halogens is 2. The molecule has 0 bridgehead atoms. The fourth-order valence-electron chi connectivity index (χ4n) is 2.10. The summed E-state index contributed by atoms with van der Waals surface area (Å²) in [6.45, 7) is 2.89. The van der Waals surface area contributed by atoms with E-state index in [1.807, 2.05) is 0 Å². The van der Waals surface area contributed by atoms with Crippen molar-refractivity contribution in [2.45, 2.75) is 32.4 Å². The van der Waals surface area contributed by atoms with E-state index in [0.29, 0.717) is 22.0 Å². The number of urea groups is 1. The van der Waals surface area contributed by atoms with Gasteiger partial charge in [-0.05, 0) is 25.5 Å². The van der Waals surface area contributed by atoms with Crippen molar-refractivity contribution in [1.82, 2.24) is 10.2 Å². The number of hydrogen-bond acceptors (Lipinski definition) is 4. The molecule has 1 heterocycles. The first-order valence-corrected chi connectivity index (χ1v) is 7.76. The van der Waals surface area contributed by atoms with Gasteiger partial charge in [-0.25, -0.2) is 4.79 Å². The molecule has 1 aliphatic rings. The molecule has 124 valence electrons. The molecule has 0 radical (unpaired) electrons. The molecule has 1 aromatic rings. The SMILES string of the molecule is CC[C@@]1(C)NC(=O)N(CC(=O)OCc2ccc(Cl)cc2Cl)C1=O. The van der Waals surface area contributed by atoms with Gasteiger partial charge in [0, 0.05) is 15.6 Å². The predicted molar refractivity (Wildman–Crippen MR) is 85.2 cm³/mol. The maximum atomic E-state index is 12.2. The summed E-state index contributed by atoms with van der Waals surface area (Å²) in [6.07, 6.45) is 0.434. The number of carbonyl (C=O) groups is 3. The number of esters is 1. The molecule has 1 aromatic carbocycles. The van der Waals surface area contributed by atoms with Gasteiger partial charge < -0.3 is 10.1 Å². The van der Waals surface area contributed by atoms with E-state index >= 15 is 0 Å².